The molecule has 0 unspecified atom stereocenters. The van der Waals surface area contributed by atoms with Gasteiger partial charge in [-0.1, -0.05) is 0 Å². The molecule has 10 heavy (non-hydrogen) atoms. The molecular formula is C5H12F2O2Si. The highest BCUT2D eigenvalue weighted by Crippen LogP contribution is 2.06. The predicted molar refractivity (Wildman–Crippen MR) is 36.6 cm³/mol. The van der Waals surface area contributed by atoms with E-state index in [0.29, 0.717) is 6.04 Å². The molecule has 0 aromatic heterocycles. The lowest BCUT2D eigenvalue weighted by molar-refractivity contribution is 0.139. The number of hydrogen-bond donors (Lipinski definition) is 0. The Morgan fingerprint density at radius 2 is 1.80 bits per heavy atom. The van der Waals surface area contributed by atoms with Crippen LogP contribution in [0.4, 0.5) is 8.78 Å². The van der Waals surface area contributed by atoms with Gasteiger partial charge >= 0.3 is 9.28 Å². The van der Waals surface area contributed by atoms with E-state index < -0.39 is 15.7 Å². The lowest BCUT2D eigenvalue weighted by Gasteiger charge is -2.09. The fourth-order valence-electron chi connectivity index (χ4n) is 0.594. The van der Waals surface area contributed by atoms with Crippen LogP contribution in [0.3, 0.4) is 0 Å². The van der Waals surface area contributed by atoms with Gasteiger partial charge in [0.25, 0.3) is 0 Å². The van der Waals surface area contributed by atoms with Gasteiger partial charge in [0.15, 0.2) is 0 Å². The molecule has 0 saturated carbocycles. The van der Waals surface area contributed by atoms with Crippen LogP contribution in [-0.4, -0.2) is 29.9 Å². The Balaban J connectivity index is 3.26. The molecule has 62 valence electrons. The Morgan fingerprint density at radius 3 is 2.10 bits per heavy atom. The molecule has 0 atom stereocenters. The van der Waals surface area contributed by atoms with Crippen molar-refractivity contribution in [1.82, 2.24) is 0 Å². The van der Waals surface area contributed by atoms with Crippen molar-refractivity contribution in [2.45, 2.75) is 18.9 Å². The SMILES string of the molecule is CO[SiH](CCC(F)F)OC. The van der Waals surface area contributed by atoms with E-state index in [1.807, 2.05) is 0 Å². The van der Waals surface area contributed by atoms with Gasteiger partial charge < -0.3 is 8.85 Å². The number of alkyl halides is 2. The van der Waals surface area contributed by atoms with Gasteiger partial charge in [-0.25, -0.2) is 8.78 Å². The second-order valence-corrected chi connectivity index (χ2v) is 4.25. The molecule has 0 saturated heterocycles. The van der Waals surface area contributed by atoms with Crippen molar-refractivity contribution in [3.05, 3.63) is 0 Å². The summed E-state index contributed by atoms with van der Waals surface area (Å²) < 4.78 is 32.8. The van der Waals surface area contributed by atoms with E-state index in [9.17, 15) is 8.78 Å². The molecule has 0 aliphatic rings. The van der Waals surface area contributed by atoms with Crippen LogP contribution in [0.25, 0.3) is 0 Å². The third-order valence-electron chi connectivity index (χ3n) is 1.15. The maximum atomic E-state index is 11.6. The summed E-state index contributed by atoms with van der Waals surface area (Å²) in [6.07, 6.45) is -2.35. The summed E-state index contributed by atoms with van der Waals surface area (Å²) in [4.78, 5) is 0. The maximum absolute atomic E-state index is 11.6. The van der Waals surface area contributed by atoms with Crippen molar-refractivity contribution < 1.29 is 17.6 Å². The van der Waals surface area contributed by atoms with Crippen LogP contribution in [-0.2, 0) is 8.85 Å². The van der Waals surface area contributed by atoms with Gasteiger partial charge in [-0.15, -0.1) is 0 Å². The zero-order valence-electron chi connectivity index (χ0n) is 6.14. The van der Waals surface area contributed by atoms with E-state index in [1.54, 1.807) is 0 Å². The quantitative estimate of drug-likeness (QED) is 0.576. The molecule has 0 amide bonds. The van der Waals surface area contributed by atoms with Crippen LogP contribution >= 0.6 is 0 Å². The fourth-order valence-corrected chi connectivity index (χ4v) is 1.78. The zero-order valence-corrected chi connectivity index (χ0v) is 7.30. The lowest BCUT2D eigenvalue weighted by Crippen LogP contribution is -2.19. The van der Waals surface area contributed by atoms with Gasteiger partial charge in [-0.2, -0.15) is 0 Å². The lowest BCUT2D eigenvalue weighted by atomic mass is 10.5. The zero-order chi connectivity index (χ0) is 7.98. The molecule has 0 N–H and O–H groups in total. The van der Waals surface area contributed by atoms with Gasteiger partial charge in [-0.3, -0.25) is 0 Å². The van der Waals surface area contributed by atoms with Crippen LogP contribution in [0.5, 0.6) is 0 Å². The third-order valence-corrected chi connectivity index (χ3v) is 3.00. The van der Waals surface area contributed by atoms with Gasteiger partial charge in [0.1, 0.15) is 0 Å². The van der Waals surface area contributed by atoms with E-state index in [4.69, 9.17) is 8.85 Å². The average Bonchev–Trinajstić information content (AvgIpc) is 1.90. The van der Waals surface area contributed by atoms with Crippen LogP contribution in [0.2, 0.25) is 6.04 Å². The van der Waals surface area contributed by atoms with Crippen molar-refractivity contribution in [1.29, 1.82) is 0 Å². The van der Waals surface area contributed by atoms with E-state index in [2.05, 4.69) is 0 Å². The Labute approximate surface area is 61.0 Å². The highest BCUT2D eigenvalue weighted by atomic mass is 28.3. The van der Waals surface area contributed by atoms with Crippen molar-refractivity contribution in [3.63, 3.8) is 0 Å². The molecule has 0 aliphatic carbocycles. The summed E-state index contributed by atoms with van der Waals surface area (Å²) in [5.41, 5.74) is 0. The topological polar surface area (TPSA) is 18.5 Å². The van der Waals surface area contributed by atoms with Crippen molar-refractivity contribution in [3.8, 4) is 0 Å². The smallest absolute Gasteiger partial charge is 0.321 e. The Hall–Kier alpha value is -0.00312. The van der Waals surface area contributed by atoms with Gasteiger partial charge in [0.05, 0.1) is 0 Å². The average molecular weight is 170 g/mol. The molecule has 0 radical (unpaired) electrons. The molecule has 2 nitrogen and oxygen atoms in total. The molecule has 0 rings (SSSR count). The summed E-state index contributed by atoms with van der Waals surface area (Å²) >= 11 is 0. The van der Waals surface area contributed by atoms with Gasteiger partial charge in [0, 0.05) is 20.6 Å². The van der Waals surface area contributed by atoms with Crippen molar-refractivity contribution >= 4 is 9.28 Å². The van der Waals surface area contributed by atoms with Crippen molar-refractivity contribution in [2.24, 2.45) is 0 Å². The van der Waals surface area contributed by atoms with E-state index in [1.165, 1.54) is 14.2 Å². The third kappa shape index (κ3) is 4.84. The summed E-state index contributed by atoms with van der Waals surface area (Å²) in [6.45, 7) is 0. The molecule has 0 bridgehead atoms. The summed E-state index contributed by atoms with van der Waals surface area (Å²) in [5.74, 6) is 0. The molecule has 0 heterocycles. The minimum absolute atomic E-state index is 0.113. The van der Waals surface area contributed by atoms with Crippen LogP contribution < -0.4 is 0 Å². The molecule has 0 spiro atoms. The Morgan fingerprint density at radius 1 is 1.30 bits per heavy atom. The number of hydrogen-bond acceptors (Lipinski definition) is 2. The molecule has 0 aromatic rings. The summed E-state index contributed by atoms with van der Waals surface area (Å²) in [6, 6.07) is 0.380. The van der Waals surface area contributed by atoms with E-state index in [-0.39, 0.29) is 6.42 Å². The normalized spacial score (nSPS) is 11.4. The van der Waals surface area contributed by atoms with Crippen LogP contribution in [0, 0.1) is 0 Å². The first-order valence-corrected chi connectivity index (χ1v) is 4.80. The number of halogens is 2. The molecule has 0 fully saturated rings. The molecule has 0 aliphatic heterocycles. The first-order valence-electron chi connectivity index (χ1n) is 3.04. The maximum Gasteiger partial charge on any atom is 0.321 e. The second kappa shape index (κ2) is 5.76. The monoisotopic (exact) mass is 170 g/mol. The molecular weight excluding hydrogens is 158 g/mol. The Kier molecular flexibility index (Phi) is 5.76. The minimum atomic E-state index is -2.24. The first-order chi connectivity index (χ1) is 4.70. The fraction of sp³-hybridized carbons (Fsp3) is 1.00. The number of rotatable bonds is 5. The first kappa shape index (κ1) is 10.00. The van der Waals surface area contributed by atoms with Crippen LogP contribution in [0.15, 0.2) is 0 Å². The standard InChI is InChI=1S/C5H12F2O2Si/c1-8-10(9-2)4-3-5(6)7/h5,10H,3-4H2,1-2H3. The largest absolute Gasteiger partial charge is 0.400 e. The van der Waals surface area contributed by atoms with E-state index >= 15 is 0 Å². The molecule has 5 heteroatoms. The molecule has 0 aromatic carbocycles. The Bertz CT molecular complexity index is 78.0. The summed E-state index contributed by atoms with van der Waals surface area (Å²) in [7, 11) is 1.26. The highest BCUT2D eigenvalue weighted by Gasteiger charge is 2.12. The van der Waals surface area contributed by atoms with Gasteiger partial charge in [-0.05, 0) is 6.04 Å². The van der Waals surface area contributed by atoms with Crippen molar-refractivity contribution in [2.75, 3.05) is 14.2 Å². The second-order valence-electron chi connectivity index (χ2n) is 1.87. The van der Waals surface area contributed by atoms with Crippen LogP contribution in [0.1, 0.15) is 6.42 Å². The minimum Gasteiger partial charge on any atom is -0.400 e. The summed E-state index contributed by atoms with van der Waals surface area (Å²) in [5, 5.41) is 0. The van der Waals surface area contributed by atoms with E-state index in [0.717, 1.165) is 0 Å². The van der Waals surface area contributed by atoms with Gasteiger partial charge in [0.2, 0.25) is 6.43 Å². The highest BCUT2D eigenvalue weighted by molar-refractivity contribution is 6.44. The predicted octanol–water partition coefficient (Wildman–Crippen LogP) is 1.15.